The number of carbonyl (C=O) groups excluding carboxylic acids is 1. The van der Waals surface area contributed by atoms with Crippen LogP contribution in [-0.2, 0) is 14.4 Å². The molecule has 1 saturated carbocycles. The summed E-state index contributed by atoms with van der Waals surface area (Å²) in [5.74, 6) is -4.34. The fourth-order valence-electron chi connectivity index (χ4n) is 4.16. The molecule has 1 aliphatic rings. The number of hydrogen-bond donors (Lipinski definition) is 2. The van der Waals surface area contributed by atoms with Gasteiger partial charge in [-0.15, -0.1) is 0 Å². The van der Waals surface area contributed by atoms with Crippen molar-refractivity contribution in [2.45, 2.75) is 32.2 Å². The first-order chi connectivity index (χ1) is 14.8. The Labute approximate surface area is 181 Å². The molecule has 0 aliphatic heterocycles. The van der Waals surface area contributed by atoms with Crippen LogP contribution >= 0.6 is 0 Å². The third-order valence-corrected chi connectivity index (χ3v) is 5.92. The quantitative estimate of drug-likeness (QED) is 0.624. The molecule has 164 valence electrons. The summed E-state index contributed by atoms with van der Waals surface area (Å²) in [6.45, 7) is 2.02. The van der Waals surface area contributed by atoms with Crippen molar-refractivity contribution in [3.8, 4) is 11.5 Å². The molecule has 3 rings (SSSR count). The monoisotopic (exact) mass is 425 g/mol. The van der Waals surface area contributed by atoms with Crippen molar-refractivity contribution in [1.29, 1.82) is 0 Å². The number of para-hydroxylation sites is 1. The normalized spacial score (nSPS) is 20.9. The third kappa shape index (κ3) is 4.87. The maximum absolute atomic E-state index is 13.1. The first-order valence-electron chi connectivity index (χ1n) is 10.4. The number of rotatable bonds is 9. The van der Waals surface area contributed by atoms with Gasteiger partial charge in [0.05, 0.1) is 23.8 Å². The van der Waals surface area contributed by atoms with Crippen molar-refractivity contribution >= 4 is 17.8 Å². The second-order valence-electron chi connectivity index (χ2n) is 7.89. The number of amides is 1. The zero-order valence-corrected chi connectivity index (χ0v) is 17.6. The van der Waals surface area contributed by atoms with E-state index < -0.39 is 29.7 Å². The van der Waals surface area contributed by atoms with Crippen LogP contribution in [0.3, 0.4) is 0 Å². The van der Waals surface area contributed by atoms with E-state index in [1.807, 2.05) is 61.5 Å². The van der Waals surface area contributed by atoms with Crippen LogP contribution in [0, 0.1) is 17.8 Å². The average molecular weight is 425 g/mol. The van der Waals surface area contributed by atoms with Crippen molar-refractivity contribution in [3.63, 3.8) is 0 Å². The van der Waals surface area contributed by atoms with E-state index in [0.29, 0.717) is 12.2 Å². The Bertz CT molecular complexity index is 927. The van der Waals surface area contributed by atoms with Crippen LogP contribution in [0.25, 0.3) is 0 Å². The summed E-state index contributed by atoms with van der Waals surface area (Å²) in [5.41, 5.74) is 0.916. The van der Waals surface area contributed by atoms with Crippen molar-refractivity contribution < 1.29 is 29.3 Å². The maximum Gasteiger partial charge on any atom is 0.308 e. The minimum Gasteiger partial charge on any atom is -0.481 e. The van der Waals surface area contributed by atoms with Crippen molar-refractivity contribution in [2.75, 3.05) is 7.05 Å². The number of carboxylic acids is 2. The predicted octanol–water partition coefficient (Wildman–Crippen LogP) is 4.20. The van der Waals surface area contributed by atoms with E-state index in [1.165, 1.54) is 0 Å². The lowest BCUT2D eigenvalue weighted by molar-refractivity contribution is -0.172. The Balaban J connectivity index is 1.74. The summed E-state index contributed by atoms with van der Waals surface area (Å²) in [6.07, 6.45) is 1.58. The molecule has 2 aromatic rings. The highest BCUT2D eigenvalue weighted by Gasteiger charge is 2.54. The minimum atomic E-state index is -1.24. The molecule has 0 spiro atoms. The molecule has 2 aromatic carbocycles. The van der Waals surface area contributed by atoms with Crippen LogP contribution in [0.4, 0.5) is 0 Å². The fraction of sp³-hybridized carbons (Fsp3) is 0.375. The summed E-state index contributed by atoms with van der Waals surface area (Å²) in [5, 5.41) is 18.6. The van der Waals surface area contributed by atoms with E-state index in [1.54, 1.807) is 11.9 Å². The molecule has 0 bridgehead atoms. The van der Waals surface area contributed by atoms with Crippen LogP contribution in [0.5, 0.6) is 11.5 Å². The summed E-state index contributed by atoms with van der Waals surface area (Å²) >= 11 is 0. The van der Waals surface area contributed by atoms with Gasteiger partial charge in [-0.05, 0) is 42.7 Å². The second-order valence-corrected chi connectivity index (χ2v) is 7.89. The summed E-state index contributed by atoms with van der Waals surface area (Å²) < 4.78 is 5.82. The molecule has 0 saturated heterocycles. The van der Waals surface area contributed by atoms with Gasteiger partial charge in [-0.3, -0.25) is 14.4 Å². The number of carboxylic acid groups (broad SMARTS) is 2. The smallest absolute Gasteiger partial charge is 0.308 e. The van der Waals surface area contributed by atoms with E-state index in [0.717, 1.165) is 17.7 Å². The molecule has 3 unspecified atom stereocenters. The molecular formula is C24H27NO6. The number of aliphatic carboxylic acids is 2. The van der Waals surface area contributed by atoms with Crippen molar-refractivity contribution in [1.82, 2.24) is 4.90 Å². The molecule has 2 N–H and O–H groups in total. The zero-order chi connectivity index (χ0) is 22.5. The SMILES string of the molecule is CCC[C@H](c1ccc(Oc2ccccc2)cc1)N(C)C(=O)C1CC(C(=O)O)C1C(=O)O. The van der Waals surface area contributed by atoms with Crippen LogP contribution < -0.4 is 4.74 Å². The van der Waals surface area contributed by atoms with Gasteiger partial charge in [-0.1, -0.05) is 43.7 Å². The maximum atomic E-state index is 13.1. The Hall–Kier alpha value is -3.35. The molecule has 7 heteroatoms. The zero-order valence-electron chi connectivity index (χ0n) is 17.6. The van der Waals surface area contributed by atoms with Crippen LogP contribution in [0.15, 0.2) is 54.6 Å². The number of ether oxygens (including phenoxy) is 1. The highest BCUT2D eigenvalue weighted by atomic mass is 16.5. The van der Waals surface area contributed by atoms with Gasteiger partial charge >= 0.3 is 11.9 Å². The molecule has 4 atom stereocenters. The van der Waals surface area contributed by atoms with Crippen LogP contribution in [0.2, 0.25) is 0 Å². The molecule has 31 heavy (non-hydrogen) atoms. The molecule has 0 heterocycles. The van der Waals surface area contributed by atoms with Gasteiger partial charge in [0, 0.05) is 7.05 Å². The number of hydrogen-bond acceptors (Lipinski definition) is 4. The molecule has 1 amide bonds. The summed E-state index contributed by atoms with van der Waals surface area (Å²) in [4.78, 5) is 37.4. The van der Waals surface area contributed by atoms with Gasteiger partial charge in [0.1, 0.15) is 11.5 Å². The fourth-order valence-corrected chi connectivity index (χ4v) is 4.16. The van der Waals surface area contributed by atoms with E-state index in [-0.39, 0.29) is 18.4 Å². The lowest BCUT2D eigenvalue weighted by atomic mass is 9.64. The number of benzene rings is 2. The van der Waals surface area contributed by atoms with Crippen molar-refractivity contribution in [2.24, 2.45) is 17.8 Å². The van der Waals surface area contributed by atoms with Gasteiger partial charge < -0.3 is 19.8 Å². The summed E-state index contributed by atoms with van der Waals surface area (Å²) in [6, 6.07) is 16.7. The highest BCUT2D eigenvalue weighted by Crippen LogP contribution is 2.43. The number of nitrogens with zero attached hydrogens (tertiary/aromatic N) is 1. The first-order valence-corrected chi connectivity index (χ1v) is 10.4. The van der Waals surface area contributed by atoms with Gasteiger partial charge in [-0.25, -0.2) is 0 Å². The Morgan fingerprint density at radius 1 is 0.968 bits per heavy atom. The lowest BCUT2D eigenvalue weighted by Gasteiger charge is -2.41. The Morgan fingerprint density at radius 2 is 1.58 bits per heavy atom. The molecule has 1 fully saturated rings. The standard InChI is InChI=1S/C24H27NO6/c1-3-7-20(15-10-12-17(13-11-15)31-16-8-5-4-6-9-16)25(2)22(26)18-14-19(23(27)28)21(18)24(29)30/h4-6,8-13,18-21H,3,7,14H2,1-2H3,(H,27,28)(H,29,30)/t18?,19?,20-,21?/m1/s1. The van der Waals surface area contributed by atoms with Gasteiger partial charge in [-0.2, -0.15) is 0 Å². The first kappa shape index (κ1) is 22.3. The summed E-state index contributed by atoms with van der Waals surface area (Å²) in [7, 11) is 1.66. The average Bonchev–Trinajstić information content (AvgIpc) is 2.71. The van der Waals surface area contributed by atoms with Gasteiger partial charge in [0.15, 0.2) is 0 Å². The molecule has 0 aromatic heterocycles. The Kier molecular flexibility index (Phi) is 6.95. The Morgan fingerprint density at radius 3 is 2.13 bits per heavy atom. The van der Waals surface area contributed by atoms with Gasteiger partial charge in [0.2, 0.25) is 5.91 Å². The number of carbonyl (C=O) groups is 3. The molecule has 1 aliphatic carbocycles. The largest absolute Gasteiger partial charge is 0.481 e. The van der Waals surface area contributed by atoms with E-state index in [2.05, 4.69) is 0 Å². The van der Waals surface area contributed by atoms with E-state index in [4.69, 9.17) is 4.74 Å². The molecule has 0 radical (unpaired) electrons. The predicted molar refractivity (Wildman–Crippen MR) is 114 cm³/mol. The topological polar surface area (TPSA) is 104 Å². The lowest BCUT2D eigenvalue weighted by Crippen LogP contribution is -2.53. The molecule has 7 nitrogen and oxygen atoms in total. The molecular weight excluding hydrogens is 398 g/mol. The van der Waals surface area contributed by atoms with E-state index in [9.17, 15) is 24.6 Å². The minimum absolute atomic E-state index is 0.0537. The second kappa shape index (κ2) is 9.64. The van der Waals surface area contributed by atoms with E-state index >= 15 is 0 Å². The van der Waals surface area contributed by atoms with Crippen molar-refractivity contribution in [3.05, 3.63) is 60.2 Å². The van der Waals surface area contributed by atoms with Crippen LogP contribution in [-0.4, -0.2) is 40.0 Å². The van der Waals surface area contributed by atoms with Crippen LogP contribution in [0.1, 0.15) is 37.8 Å². The van der Waals surface area contributed by atoms with Gasteiger partial charge in [0.25, 0.3) is 0 Å². The highest BCUT2D eigenvalue weighted by molar-refractivity contribution is 5.91. The third-order valence-electron chi connectivity index (χ3n) is 5.92.